The minimum Gasteiger partial charge on any atom is -0.468 e. The summed E-state index contributed by atoms with van der Waals surface area (Å²) >= 11 is 6.31. The van der Waals surface area contributed by atoms with Gasteiger partial charge in [0.05, 0.1) is 28.4 Å². The van der Waals surface area contributed by atoms with Crippen molar-refractivity contribution in [1.29, 1.82) is 0 Å². The minimum atomic E-state index is -1.46. The molecule has 0 saturated heterocycles. The molecule has 1 N–H and O–H groups in total. The van der Waals surface area contributed by atoms with Gasteiger partial charge in [0, 0.05) is 23.9 Å². The van der Waals surface area contributed by atoms with Crippen LogP contribution in [0.15, 0.2) is 47.4 Å². The summed E-state index contributed by atoms with van der Waals surface area (Å²) in [4.78, 5) is 24.4. The van der Waals surface area contributed by atoms with Crippen molar-refractivity contribution < 1.29 is 18.5 Å². The van der Waals surface area contributed by atoms with Gasteiger partial charge in [-0.15, -0.1) is 0 Å². The minimum absolute atomic E-state index is 0.185. The van der Waals surface area contributed by atoms with Gasteiger partial charge in [0.2, 0.25) is 0 Å². The maximum absolute atomic E-state index is 12.7. The molecule has 29 heavy (non-hydrogen) atoms. The number of hydrogen-bond donors (Lipinski definition) is 1. The number of carbonyl (C=O) groups excluding carboxylic acids is 2. The van der Waals surface area contributed by atoms with Gasteiger partial charge in [0.25, 0.3) is 5.91 Å². The van der Waals surface area contributed by atoms with Crippen molar-refractivity contribution in [3.8, 4) is 0 Å². The topological polar surface area (TPSA) is 77.4 Å². The zero-order valence-corrected chi connectivity index (χ0v) is 17.9. The summed E-state index contributed by atoms with van der Waals surface area (Å²) in [6.07, 6.45) is 0. The second-order valence-electron chi connectivity index (χ2n) is 6.66. The zero-order valence-electron chi connectivity index (χ0n) is 16.3. The molecule has 152 valence electrons. The number of ether oxygens (including phenoxy) is 1. The van der Waals surface area contributed by atoms with Crippen molar-refractivity contribution in [2.45, 2.75) is 18.4 Å². The standard InChI is InChI=1S/C21H21ClN2O4S/c1-13-8-17(22)16-10-19(24(2)18(16)9-13)21(26)23-11-14-4-6-15(7-5-14)29(27)12-20(25)28-3/h4-10H,11-12H2,1-3H3,(H,23,26). The highest BCUT2D eigenvalue weighted by molar-refractivity contribution is 7.85. The highest BCUT2D eigenvalue weighted by Crippen LogP contribution is 2.28. The molecule has 1 aromatic heterocycles. The number of carbonyl (C=O) groups is 2. The van der Waals surface area contributed by atoms with Crippen LogP contribution in [-0.2, 0) is 33.9 Å². The number of fused-ring (bicyclic) bond motifs is 1. The first-order valence-electron chi connectivity index (χ1n) is 8.88. The molecule has 2 aromatic carbocycles. The summed E-state index contributed by atoms with van der Waals surface area (Å²) in [6.45, 7) is 2.27. The van der Waals surface area contributed by atoms with E-state index in [9.17, 15) is 13.8 Å². The molecule has 0 spiro atoms. The van der Waals surface area contributed by atoms with Crippen LogP contribution in [0, 0.1) is 6.92 Å². The third kappa shape index (κ3) is 4.68. The Hall–Kier alpha value is -2.64. The number of benzene rings is 2. The number of nitrogens with zero attached hydrogens (tertiary/aromatic N) is 1. The molecule has 8 heteroatoms. The van der Waals surface area contributed by atoms with Gasteiger partial charge < -0.3 is 14.6 Å². The molecule has 0 fully saturated rings. The van der Waals surface area contributed by atoms with Crippen molar-refractivity contribution in [2.24, 2.45) is 7.05 Å². The van der Waals surface area contributed by atoms with Gasteiger partial charge in [-0.1, -0.05) is 23.7 Å². The first-order chi connectivity index (χ1) is 13.8. The maximum atomic E-state index is 12.7. The lowest BCUT2D eigenvalue weighted by Gasteiger charge is -2.08. The van der Waals surface area contributed by atoms with Crippen molar-refractivity contribution in [2.75, 3.05) is 12.9 Å². The highest BCUT2D eigenvalue weighted by Gasteiger charge is 2.15. The maximum Gasteiger partial charge on any atom is 0.318 e. The lowest BCUT2D eigenvalue weighted by atomic mass is 10.2. The second kappa shape index (κ2) is 8.80. The van der Waals surface area contributed by atoms with E-state index < -0.39 is 16.8 Å². The molecule has 1 atom stereocenters. The van der Waals surface area contributed by atoms with E-state index in [1.165, 1.54) is 7.11 Å². The number of nitrogens with one attached hydrogen (secondary N) is 1. The summed E-state index contributed by atoms with van der Waals surface area (Å²) in [7, 11) is 1.63. The average molecular weight is 433 g/mol. The van der Waals surface area contributed by atoms with E-state index in [2.05, 4.69) is 10.1 Å². The van der Waals surface area contributed by atoms with E-state index >= 15 is 0 Å². The number of rotatable bonds is 6. The smallest absolute Gasteiger partial charge is 0.318 e. The summed E-state index contributed by atoms with van der Waals surface area (Å²) in [5.41, 5.74) is 3.30. The van der Waals surface area contributed by atoms with E-state index in [4.69, 9.17) is 11.6 Å². The lowest BCUT2D eigenvalue weighted by molar-refractivity contribution is -0.137. The Bertz CT molecular complexity index is 1110. The molecular weight excluding hydrogens is 412 g/mol. The van der Waals surface area contributed by atoms with Crippen molar-refractivity contribution >= 4 is 45.2 Å². The molecule has 1 unspecified atom stereocenters. The summed E-state index contributed by atoms with van der Waals surface area (Å²) < 4.78 is 18.4. The van der Waals surface area contributed by atoms with Crippen LogP contribution < -0.4 is 5.32 Å². The fourth-order valence-electron chi connectivity index (χ4n) is 3.02. The van der Waals surface area contributed by atoms with E-state index in [-0.39, 0.29) is 11.7 Å². The molecule has 1 heterocycles. The van der Waals surface area contributed by atoms with Gasteiger partial charge >= 0.3 is 5.97 Å². The van der Waals surface area contributed by atoms with Crippen molar-refractivity contribution in [3.63, 3.8) is 0 Å². The van der Waals surface area contributed by atoms with Crippen molar-refractivity contribution in [1.82, 2.24) is 9.88 Å². The highest BCUT2D eigenvalue weighted by atomic mass is 35.5. The van der Waals surface area contributed by atoms with Crippen LogP contribution in [0.1, 0.15) is 21.6 Å². The quantitative estimate of drug-likeness (QED) is 0.606. The Morgan fingerprint density at radius 3 is 2.52 bits per heavy atom. The number of amides is 1. The van der Waals surface area contributed by atoms with Gasteiger partial charge in [0.1, 0.15) is 11.4 Å². The number of esters is 1. The van der Waals surface area contributed by atoms with Crippen LogP contribution in [0.25, 0.3) is 10.9 Å². The molecule has 0 radical (unpaired) electrons. The third-order valence-corrected chi connectivity index (χ3v) is 6.21. The Labute approximate surface area is 176 Å². The Balaban J connectivity index is 1.69. The second-order valence-corrected chi connectivity index (χ2v) is 8.52. The van der Waals surface area contributed by atoms with E-state index in [1.54, 1.807) is 30.3 Å². The molecular formula is C21H21ClN2O4S. The first-order valence-corrected chi connectivity index (χ1v) is 10.6. The monoisotopic (exact) mass is 432 g/mol. The normalized spacial score (nSPS) is 12.0. The molecule has 1 amide bonds. The summed E-state index contributed by atoms with van der Waals surface area (Å²) in [5.74, 6) is -0.920. The first kappa shape index (κ1) is 21.1. The molecule has 0 aliphatic heterocycles. The number of halogens is 1. The van der Waals surface area contributed by atoms with Gasteiger partial charge in [-0.2, -0.15) is 0 Å². The molecule has 0 saturated carbocycles. The Morgan fingerprint density at radius 1 is 1.17 bits per heavy atom. The van der Waals surface area contributed by atoms with E-state index in [0.717, 1.165) is 22.0 Å². The lowest BCUT2D eigenvalue weighted by Crippen LogP contribution is -2.24. The molecule has 6 nitrogen and oxygen atoms in total. The van der Waals surface area contributed by atoms with E-state index in [1.807, 2.05) is 30.7 Å². The summed E-state index contributed by atoms with van der Waals surface area (Å²) in [5, 5.41) is 4.34. The number of hydrogen-bond acceptors (Lipinski definition) is 4. The summed E-state index contributed by atoms with van der Waals surface area (Å²) in [6, 6.07) is 12.5. The largest absolute Gasteiger partial charge is 0.468 e. The number of methoxy groups -OCH3 is 1. The van der Waals surface area contributed by atoms with Crippen LogP contribution in [0.5, 0.6) is 0 Å². The van der Waals surface area contributed by atoms with Crippen LogP contribution in [-0.4, -0.2) is 33.5 Å². The van der Waals surface area contributed by atoms with Crippen LogP contribution >= 0.6 is 11.6 Å². The van der Waals surface area contributed by atoms with E-state index in [0.29, 0.717) is 22.2 Å². The third-order valence-electron chi connectivity index (χ3n) is 4.60. The number of aryl methyl sites for hydroxylation is 2. The molecule has 3 aromatic rings. The fourth-order valence-corrected chi connectivity index (χ4v) is 4.28. The Morgan fingerprint density at radius 2 is 1.86 bits per heavy atom. The average Bonchev–Trinajstić information content (AvgIpc) is 3.03. The molecule has 3 rings (SSSR count). The fraction of sp³-hybridized carbons (Fsp3) is 0.238. The molecule has 0 aliphatic rings. The van der Waals surface area contributed by atoms with Gasteiger partial charge in [-0.3, -0.25) is 13.8 Å². The van der Waals surface area contributed by atoms with Gasteiger partial charge in [-0.25, -0.2) is 0 Å². The molecule has 0 aliphatic carbocycles. The predicted molar refractivity (Wildman–Crippen MR) is 114 cm³/mol. The SMILES string of the molecule is COC(=O)CS(=O)c1ccc(CNC(=O)c2cc3c(Cl)cc(C)cc3n2C)cc1. The zero-order chi connectivity index (χ0) is 21.1. The van der Waals surface area contributed by atoms with Crippen LogP contribution in [0.4, 0.5) is 0 Å². The van der Waals surface area contributed by atoms with Crippen molar-refractivity contribution in [3.05, 3.63) is 64.3 Å². The van der Waals surface area contributed by atoms with Gasteiger partial charge in [0.15, 0.2) is 0 Å². The predicted octanol–water partition coefficient (Wildman–Crippen LogP) is 3.35. The molecule has 0 bridgehead atoms. The van der Waals surface area contributed by atoms with Crippen LogP contribution in [0.3, 0.4) is 0 Å². The number of aromatic nitrogens is 1. The Kier molecular flexibility index (Phi) is 6.39. The van der Waals surface area contributed by atoms with Crippen LogP contribution in [0.2, 0.25) is 5.02 Å². The van der Waals surface area contributed by atoms with Gasteiger partial charge in [-0.05, 0) is 48.4 Å².